The Morgan fingerprint density at radius 3 is 2.49 bits per heavy atom. The third-order valence-electron chi connectivity index (χ3n) is 10.4. The number of nitrogens with one attached hydrogen (secondary N) is 4. The SMILES string of the molecule is CN1C(=O)[C@H](CCCCN)NC(=O)[C@H](CCCN)NCc2ccncc2Sc2c(-c3ccnc(C(F)(F)F)c3)ccc(Cl)c2CNC(=O)[C@@H]1Cc1c[nH]c2ccccc12. The van der Waals surface area contributed by atoms with E-state index in [-0.39, 0.29) is 30.1 Å². The van der Waals surface area contributed by atoms with E-state index in [0.717, 1.165) is 34.3 Å². The van der Waals surface area contributed by atoms with Crippen molar-refractivity contribution in [2.75, 3.05) is 20.1 Å². The van der Waals surface area contributed by atoms with Gasteiger partial charge in [0.2, 0.25) is 17.7 Å². The Hall–Kier alpha value is -5.00. The number of nitrogens with zero attached hydrogens (tertiary/aromatic N) is 3. The van der Waals surface area contributed by atoms with Crippen molar-refractivity contribution in [1.82, 2.24) is 35.8 Å². The summed E-state index contributed by atoms with van der Waals surface area (Å²) in [6.07, 6.45) is 3.91. The molecule has 6 rings (SSSR count). The molecule has 17 heteroatoms. The zero-order chi connectivity index (χ0) is 42.1. The van der Waals surface area contributed by atoms with Gasteiger partial charge in [0.1, 0.15) is 17.8 Å². The molecule has 0 saturated heterocycles. The molecule has 0 saturated carbocycles. The lowest BCUT2D eigenvalue weighted by Gasteiger charge is -2.32. The van der Waals surface area contributed by atoms with Crippen LogP contribution in [0.5, 0.6) is 0 Å². The maximum Gasteiger partial charge on any atom is 0.433 e. The molecule has 312 valence electrons. The first kappa shape index (κ1) is 43.6. The highest BCUT2D eigenvalue weighted by atomic mass is 35.5. The van der Waals surface area contributed by atoms with Crippen LogP contribution in [0.4, 0.5) is 13.2 Å². The average molecular weight is 850 g/mol. The number of unbranched alkanes of at least 4 members (excludes halogenated alkanes) is 1. The first-order valence-electron chi connectivity index (χ1n) is 19.4. The Labute approximate surface area is 349 Å². The number of aromatic nitrogens is 3. The lowest BCUT2D eigenvalue weighted by atomic mass is 10.0. The molecule has 2 aromatic carbocycles. The summed E-state index contributed by atoms with van der Waals surface area (Å²) in [5.74, 6) is -1.36. The van der Waals surface area contributed by atoms with Crippen LogP contribution in [-0.2, 0) is 40.1 Å². The summed E-state index contributed by atoms with van der Waals surface area (Å²) in [7, 11) is 1.54. The van der Waals surface area contributed by atoms with E-state index in [1.165, 1.54) is 22.7 Å². The van der Waals surface area contributed by atoms with E-state index >= 15 is 0 Å². The predicted molar refractivity (Wildman–Crippen MR) is 222 cm³/mol. The van der Waals surface area contributed by atoms with Crippen molar-refractivity contribution in [2.45, 2.75) is 85.7 Å². The molecule has 0 bridgehead atoms. The van der Waals surface area contributed by atoms with Gasteiger partial charge in [0.15, 0.2) is 0 Å². The minimum Gasteiger partial charge on any atom is -0.361 e. The number of hydrogen-bond donors (Lipinski definition) is 6. The summed E-state index contributed by atoms with van der Waals surface area (Å²) >= 11 is 8.14. The van der Waals surface area contributed by atoms with Crippen molar-refractivity contribution in [1.29, 1.82) is 0 Å². The van der Waals surface area contributed by atoms with Crippen LogP contribution in [0.25, 0.3) is 22.0 Å². The number of pyridine rings is 2. The third-order valence-corrected chi connectivity index (χ3v) is 12.0. The fourth-order valence-electron chi connectivity index (χ4n) is 7.13. The van der Waals surface area contributed by atoms with Gasteiger partial charge in [-0.25, -0.2) is 0 Å². The van der Waals surface area contributed by atoms with E-state index < -0.39 is 47.7 Å². The molecule has 59 heavy (non-hydrogen) atoms. The van der Waals surface area contributed by atoms with E-state index in [1.54, 1.807) is 43.8 Å². The second-order valence-electron chi connectivity index (χ2n) is 14.4. The van der Waals surface area contributed by atoms with Crippen molar-refractivity contribution in [3.8, 4) is 11.1 Å². The van der Waals surface area contributed by atoms with E-state index in [0.29, 0.717) is 66.1 Å². The van der Waals surface area contributed by atoms with Gasteiger partial charge in [0.05, 0.1) is 6.04 Å². The molecule has 12 nitrogen and oxygen atoms in total. The van der Waals surface area contributed by atoms with Crippen molar-refractivity contribution < 1.29 is 27.6 Å². The first-order chi connectivity index (χ1) is 28.4. The highest BCUT2D eigenvalue weighted by Gasteiger charge is 2.35. The number of carbonyl (C=O) groups excluding carboxylic acids is 3. The molecule has 3 aromatic heterocycles. The lowest BCUT2D eigenvalue weighted by molar-refractivity contribution is -0.142. The van der Waals surface area contributed by atoms with Gasteiger partial charge in [0.25, 0.3) is 0 Å². The summed E-state index contributed by atoms with van der Waals surface area (Å²) in [5.41, 5.74) is 14.1. The number of aromatic amines is 1. The lowest BCUT2D eigenvalue weighted by Crippen LogP contribution is -2.57. The van der Waals surface area contributed by atoms with Gasteiger partial charge in [-0.15, -0.1) is 0 Å². The first-order valence-corrected chi connectivity index (χ1v) is 20.6. The second kappa shape index (κ2) is 19.8. The van der Waals surface area contributed by atoms with Crippen molar-refractivity contribution in [3.05, 3.63) is 107 Å². The number of nitrogens with two attached hydrogens (primary N) is 2. The number of carbonyl (C=O) groups is 3. The van der Waals surface area contributed by atoms with Gasteiger partial charge in [-0.1, -0.05) is 47.6 Å². The number of benzene rings is 2. The molecule has 5 aromatic rings. The van der Waals surface area contributed by atoms with Gasteiger partial charge in [-0.05, 0) is 97.8 Å². The molecule has 3 amide bonds. The molecule has 4 heterocycles. The zero-order valence-electron chi connectivity index (χ0n) is 32.4. The Morgan fingerprint density at radius 2 is 1.71 bits per heavy atom. The number of fused-ring (bicyclic) bond motifs is 3. The highest BCUT2D eigenvalue weighted by molar-refractivity contribution is 7.99. The molecule has 1 aliphatic heterocycles. The van der Waals surface area contributed by atoms with Crippen LogP contribution in [0.1, 0.15) is 54.5 Å². The molecule has 0 radical (unpaired) electrons. The normalized spacial score (nSPS) is 18.5. The van der Waals surface area contributed by atoms with Crippen LogP contribution in [0, 0.1) is 0 Å². The molecular formula is C42H47ClF3N9O3S. The average Bonchev–Trinajstić information content (AvgIpc) is 3.64. The maximum atomic E-state index is 14.6. The van der Waals surface area contributed by atoms with E-state index in [1.807, 2.05) is 24.3 Å². The molecule has 0 fully saturated rings. The van der Waals surface area contributed by atoms with Crippen LogP contribution in [-0.4, -0.2) is 75.8 Å². The molecule has 0 unspecified atom stereocenters. The summed E-state index contributed by atoms with van der Waals surface area (Å²) in [6, 6.07) is 12.3. The summed E-state index contributed by atoms with van der Waals surface area (Å²) in [6.45, 7) is 0.795. The zero-order valence-corrected chi connectivity index (χ0v) is 34.0. The van der Waals surface area contributed by atoms with Gasteiger partial charge < -0.3 is 37.3 Å². The van der Waals surface area contributed by atoms with Gasteiger partial charge >= 0.3 is 6.18 Å². The minimum absolute atomic E-state index is 0.119. The van der Waals surface area contributed by atoms with Gasteiger partial charge in [-0.2, -0.15) is 13.2 Å². The van der Waals surface area contributed by atoms with Crippen molar-refractivity contribution >= 4 is 52.0 Å². The molecule has 0 spiro atoms. The van der Waals surface area contributed by atoms with Crippen LogP contribution in [0.3, 0.4) is 0 Å². The monoisotopic (exact) mass is 849 g/mol. The second-order valence-corrected chi connectivity index (χ2v) is 15.8. The Kier molecular flexibility index (Phi) is 14.6. The van der Waals surface area contributed by atoms with E-state index in [4.69, 9.17) is 23.1 Å². The number of rotatable bonds is 10. The summed E-state index contributed by atoms with van der Waals surface area (Å²) in [4.78, 5) is 56.9. The largest absolute Gasteiger partial charge is 0.433 e. The number of hydrogen-bond acceptors (Lipinski definition) is 9. The molecule has 0 aliphatic carbocycles. The van der Waals surface area contributed by atoms with Crippen LogP contribution >= 0.6 is 23.4 Å². The number of para-hydroxylation sites is 1. The third kappa shape index (κ3) is 10.6. The molecule has 3 atom stereocenters. The number of halogens is 4. The molecule has 1 aliphatic rings. The van der Waals surface area contributed by atoms with Gasteiger partial charge in [-0.3, -0.25) is 24.4 Å². The minimum atomic E-state index is -4.70. The molecule has 8 N–H and O–H groups in total. The number of alkyl halides is 3. The highest BCUT2D eigenvalue weighted by Crippen LogP contribution is 2.43. The Balaban J connectivity index is 1.49. The van der Waals surface area contributed by atoms with Crippen LogP contribution < -0.4 is 27.4 Å². The fourth-order valence-corrected chi connectivity index (χ4v) is 8.62. The fraction of sp³-hybridized carbons (Fsp3) is 0.357. The van der Waals surface area contributed by atoms with Crippen molar-refractivity contribution in [3.63, 3.8) is 0 Å². The number of H-pyrrole nitrogens is 1. The Morgan fingerprint density at radius 1 is 0.932 bits per heavy atom. The topological polar surface area (TPSA) is 184 Å². The quantitative estimate of drug-likeness (QED) is 0.0924. The Bertz CT molecular complexity index is 2270. The summed E-state index contributed by atoms with van der Waals surface area (Å²) < 4.78 is 41.8. The predicted octanol–water partition coefficient (Wildman–Crippen LogP) is 5.96. The maximum absolute atomic E-state index is 14.6. The van der Waals surface area contributed by atoms with Crippen LogP contribution in [0.2, 0.25) is 5.02 Å². The van der Waals surface area contributed by atoms with Gasteiger partial charge in [0, 0.05) is 82.6 Å². The number of likely N-dealkylation sites (N-methyl/N-ethyl adjacent to an activating group) is 1. The smallest absolute Gasteiger partial charge is 0.361 e. The van der Waals surface area contributed by atoms with Crippen molar-refractivity contribution in [2.24, 2.45) is 11.5 Å². The number of amides is 3. The van der Waals surface area contributed by atoms with E-state index in [2.05, 4.69) is 30.9 Å². The van der Waals surface area contributed by atoms with E-state index in [9.17, 15) is 27.6 Å². The summed E-state index contributed by atoms with van der Waals surface area (Å²) in [5, 5.41) is 10.5. The molecular weight excluding hydrogens is 803 g/mol. The standard InChI is InChI=1S/C42H47ClF3N9O3S/c1-55-35(19-27-22-51-32-8-3-2-7-28(27)32)40(57)53-23-30-31(43)12-11-29(25-14-18-50-37(20-25)42(44,45)46)38(30)59-36-24-49-17-13-26(36)21-52-33(10-6-16-48)39(56)54-34(41(55)58)9-4-5-15-47/h2-3,7-8,11-14,17-18,20,22,24,33-35,51-52H,4-6,9-10,15-16,19,21,23,47-48H2,1H3,(H,53,57)(H,54,56)/t33-,34-,35-/m0/s1. The van der Waals surface area contributed by atoms with Crippen LogP contribution in [0.15, 0.2) is 89.2 Å².